The van der Waals surface area contributed by atoms with Gasteiger partial charge in [-0.15, -0.1) is 0 Å². The first kappa shape index (κ1) is 37.0. The molecule has 2 aliphatic rings. The normalized spacial score (nSPS) is 18.2. The number of imidazole rings is 2. The van der Waals surface area contributed by atoms with Gasteiger partial charge in [-0.1, -0.05) is 26.0 Å². The number of likely N-dealkylation sites (tertiary alicyclic amines) is 2. The van der Waals surface area contributed by atoms with Crippen molar-refractivity contribution >= 4 is 24.0 Å². The molecule has 0 radical (unpaired) electrons. The van der Waals surface area contributed by atoms with Gasteiger partial charge >= 0.3 is 12.2 Å². The largest absolute Gasteiger partial charge is 0.465 e. The molecule has 4 aromatic rings. The van der Waals surface area contributed by atoms with Gasteiger partial charge in [-0.2, -0.15) is 0 Å². The van der Waals surface area contributed by atoms with Crippen molar-refractivity contribution < 1.29 is 37.8 Å². The van der Waals surface area contributed by atoms with Crippen LogP contribution < -0.4 is 10.6 Å². The van der Waals surface area contributed by atoms with Crippen LogP contribution in [0.4, 0.5) is 18.4 Å². The van der Waals surface area contributed by atoms with Gasteiger partial charge in [0, 0.05) is 24.2 Å². The van der Waals surface area contributed by atoms with E-state index in [4.69, 9.17) is 0 Å². The number of amides is 4. The smallest absolute Gasteiger partial charge is 0.407 e. The number of methoxy groups -OCH3 is 1. The van der Waals surface area contributed by atoms with E-state index >= 15 is 8.78 Å². The Morgan fingerprint density at radius 2 is 1.30 bits per heavy atom. The van der Waals surface area contributed by atoms with Gasteiger partial charge in [-0.3, -0.25) is 9.59 Å². The lowest BCUT2D eigenvalue weighted by atomic mass is 10.00. The maximum Gasteiger partial charge on any atom is 0.407 e. The van der Waals surface area contributed by atoms with Gasteiger partial charge in [0.15, 0.2) is 0 Å². The minimum absolute atomic E-state index is 0.243. The molecule has 14 nitrogen and oxygen atoms in total. The van der Waals surface area contributed by atoms with Crippen molar-refractivity contribution in [3.8, 4) is 33.6 Å². The predicted molar refractivity (Wildman–Crippen MR) is 189 cm³/mol. The molecular formula is C37H42F2N8O6. The highest BCUT2D eigenvalue weighted by molar-refractivity contribution is 5.86. The summed E-state index contributed by atoms with van der Waals surface area (Å²) in [7, 11) is 1.22. The molecule has 2 aromatic carbocycles. The molecular weight excluding hydrogens is 690 g/mol. The highest BCUT2D eigenvalue weighted by Gasteiger charge is 2.38. The Balaban J connectivity index is 1.15. The number of halogens is 2. The van der Waals surface area contributed by atoms with Gasteiger partial charge in [0.1, 0.15) is 35.4 Å². The number of hydrogen-bond acceptors (Lipinski definition) is 7. The van der Waals surface area contributed by atoms with Crippen molar-refractivity contribution in [2.75, 3.05) is 20.2 Å². The van der Waals surface area contributed by atoms with E-state index < -0.39 is 41.9 Å². The van der Waals surface area contributed by atoms with Crippen molar-refractivity contribution in [1.82, 2.24) is 40.4 Å². The standard InChI is InChI=1S/C37H42F2N8O6/c1-19(2)31(45-36(50)51)35(49)47-14-6-8-30(47)33-41-18-28(44-33)24-12-10-22(16-26(24)39)21-9-11-23(25(38)15-21)27-17-40-32(43-27)29-7-5-13-46(29)34(48)20(3)42-37(52)53-4/h9-12,15-20,29-31,45H,5-8,13-14H2,1-4H3,(H,40,43)(H,41,44)(H,42,52)(H,50,51)/t20-,29-,30-,31-/m0/s1. The zero-order chi connectivity index (χ0) is 38.0. The van der Waals surface area contributed by atoms with Crippen LogP contribution in [-0.4, -0.2) is 91.1 Å². The Morgan fingerprint density at radius 3 is 1.74 bits per heavy atom. The van der Waals surface area contributed by atoms with E-state index in [0.717, 1.165) is 6.42 Å². The molecule has 0 bridgehead atoms. The van der Waals surface area contributed by atoms with Crippen LogP contribution in [0, 0.1) is 17.6 Å². The molecule has 0 saturated carbocycles. The number of H-pyrrole nitrogens is 2. The van der Waals surface area contributed by atoms with Gasteiger partial charge in [-0.05, 0) is 73.9 Å². The number of benzene rings is 2. The van der Waals surface area contributed by atoms with E-state index in [0.29, 0.717) is 66.5 Å². The average Bonchev–Trinajstić information content (AvgIpc) is 3.96. The number of carbonyl (C=O) groups is 4. The summed E-state index contributed by atoms with van der Waals surface area (Å²) in [4.78, 5) is 67.8. The SMILES string of the molecule is COC(=O)N[C@@H](C)C(=O)N1CCC[C@H]1c1ncc(-c2ccc(-c3ccc(-c4cnc([C@@H]5CCCN5C(=O)[C@@H](NC(=O)O)C(C)C)[nH]4)c(F)c3)cc2F)[nH]1. The molecule has 0 unspecified atom stereocenters. The third kappa shape index (κ3) is 7.71. The summed E-state index contributed by atoms with van der Waals surface area (Å²) in [5, 5.41) is 14.0. The molecule has 53 heavy (non-hydrogen) atoms. The zero-order valence-electron chi connectivity index (χ0n) is 29.8. The molecule has 0 aliphatic carbocycles. The second-order valence-electron chi connectivity index (χ2n) is 13.7. The Kier molecular flexibility index (Phi) is 10.8. The number of nitrogens with one attached hydrogen (secondary N) is 4. The summed E-state index contributed by atoms with van der Waals surface area (Å²) in [6.45, 7) is 6.05. The molecule has 5 N–H and O–H groups in total. The number of aromatic amines is 2. The molecule has 2 saturated heterocycles. The lowest BCUT2D eigenvalue weighted by Gasteiger charge is -2.29. The van der Waals surface area contributed by atoms with Crippen LogP contribution in [0.15, 0.2) is 48.8 Å². The number of rotatable bonds is 10. The van der Waals surface area contributed by atoms with E-state index in [9.17, 15) is 24.3 Å². The van der Waals surface area contributed by atoms with E-state index in [1.54, 1.807) is 54.8 Å². The van der Waals surface area contributed by atoms with Crippen molar-refractivity contribution in [3.63, 3.8) is 0 Å². The summed E-state index contributed by atoms with van der Waals surface area (Å²) in [6.07, 6.45) is 3.74. The van der Waals surface area contributed by atoms with E-state index in [1.807, 2.05) is 0 Å². The van der Waals surface area contributed by atoms with Gasteiger partial charge in [0.05, 0.1) is 43.0 Å². The lowest BCUT2D eigenvalue weighted by molar-refractivity contribution is -0.135. The molecule has 4 atom stereocenters. The van der Waals surface area contributed by atoms with Crippen LogP contribution in [0.25, 0.3) is 33.6 Å². The van der Waals surface area contributed by atoms with E-state index in [1.165, 1.54) is 31.6 Å². The number of hydrogen-bond donors (Lipinski definition) is 5. The highest BCUT2D eigenvalue weighted by atomic mass is 19.1. The number of carbonyl (C=O) groups excluding carboxylic acids is 3. The summed E-state index contributed by atoms with van der Waals surface area (Å²) >= 11 is 0. The van der Waals surface area contributed by atoms with Crippen LogP contribution in [0.2, 0.25) is 0 Å². The zero-order valence-corrected chi connectivity index (χ0v) is 29.8. The van der Waals surface area contributed by atoms with Crippen molar-refractivity contribution in [2.45, 2.75) is 70.6 Å². The quantitative estimate of drug-likeness (QED) is 0.136. The molecule has 2 aromatic heterocycles. The Morgan fingerprint density at radius 1 is 0.811 bits per heavy atom. The number of carboxylic acid groups (broad SMARTS) is 1. The number of alkyl carbamates (subject to hydrolysis) is 1. The summed E-state index contributed by atoms with van der Waals surface area (Å²) < 4.78 is 35.8. The molecule has 4 heterocycles. The molecule has 280 valence electrons. The third-order valence-electron chi connectivity index (χ3n) is 9.85. The van der Waals surface area contributed by atoms with Crippen molar-refractivity contribution in [2.24, 2.45) is 5.92 Å². The maximum atomic E-state index is 15.6. The first-order chi connectivity index (χ1) is 25.4. The summed E-state index contributed by atoms with van der Waals surface area (Å²) in [6, 6.07) is 6.67. The first-order valence-corrected chi connectivity index (χ1v) is 17.5. The van der Waals surface area contributed by atoms with Crippen LogP contribution in [0.3, 0.4) is 0 Å². The van der Waals surface area contributed by atoms with E-state index in [2.05, 4.69) is 35.3 Å². The van der Waals surface area contributed by atoms with Crippen LogP contribution >= 0.6 is 0 Å². The molecule has 0 spiro atoms. The maximum absolute atomic E-state index is 15.6. The first-order valence-electron chi connectivity index (χ1n) is 17.5. The monoisotopic (exact) mass is 732 g/mol. The molecule has 2 aliphatic heterocycles. The molecule has 6 rings (SSSR count). The fourth-order valence-electron chi connectivity index (χ4n) is 7.11. The minimum atomic E-state index is -1.27. The van der Waals surface area contributed by atoms with Gasteiger partial charge in [0.2, 0.25) is 11.8 Å². The van der Waals surface area contributed by atoms with Crippen LogP contribution in [-0.2, 0) is 14.3 Å². The fourth-order valence-corrected chi connectivity index (χ4v) is 7.11. The van der Waals surface area contributed by atoms with Crippen molar-refractivity contribution in [1.29, 1.82) is 0 Å². The Hall–Kier alpha value is -5.80. The van der Waals surface area contributed by atoms with E-state index in [-0.39, 0.29) is 34.9 Å². The fraction of sp³-hybridized carbons (Fsp3) is 0.405. The van der Waals surface area contributed by atoms with Gasteiger partial charge < -0.3 is 40.2 Å². The molecule has 4 amide bonds. The average molecular weight is 733 g/mol. The Bertz CT molecular complexity index is 2010. The third-order valence-corrected chi connectivity index (χ3v) is 9.85. The van der Waals surface area contributed by atoms with Gasteiger partial charge in [0.25, 0.3) is 0 Å². The van der Waals surface area contributed by atoms with Crippen molar-refractivity contribution in [3.05, 3.63) is 72.1 Å². The molecule has 16 heteroatoms. The van der Waals surface area contributed by atoms with Crippen LogP contribution in [0.5, 0.6) is 0 Å². The number of nitrogens with zero attached hydrogens (tertiary/aromatic N) is 4. The summed E-state index contributed by atoms with van der Waals surface area (Å²) in [5.41, 5.74) is 2.23. The highest BCUT2D eigenvalue weighted by Crippen LogP contribution is 2.36. The number of aromatic nitrogens is 4. The second-order valence-corrected chi connectivity index (χ2v) is 13.7. The topological polar surface area (TPSA) is 186 Å². The lowest BCUT2D eigenvalue weighted by Crippen LogP contribution is -2.50. The number of ether oxygens (including phenoxy) is 1. The predicted octanol–water partition coefficient (Wildman–Crippen LogP) is 5.78. The minimum Gasteiger partial charge on any atom is -0.465 e. The second kappa shape index (κ2) is 15.4. The Labute approximate surface area is 304 Å². The van der Waals surface area contributed by atoms with Gasteiger partial charge in [-0.25, -0.2) is 28.3 Å². The summed E-state index contributed by atoms with van der Waals surface area (Å²) in [5.74, 6) is -1.01. The molecule has 2 fully saturated rings. The van der Waals surface area contributed by atoms with Crippen LogP contribution in [0.1, 0.15) is 70.2 Å².